The van der Waals surface area contributed by atoms with Crippen molar-refractivity contribution in [3.8, 4) is 0 Å². The van der Waals surface area contributed by atoms with Crippen molar-refractivity contribution in [2.45, 2.75) is 13.3 Å². The van der Waals surface area contributed by atoms with Crippen LogP contribution in [0.4, 0.5) is 0 Å². The van der Waals surface area contributed by atoms with Gasteiger partial charge in [-0.05, 0) is 0 Å². The Hall–Kier alpha value is -0.830. The van der Waals surface area contributed by atoms with Gasteiger partial charge in [0.1, 0.15) is 0 Å². The predicted molar refractivity (Wildman–Crippen MR) is 33.2 cm³/mol. The van der Waals surface area contributed by atoms with Crippen LogP contribution in [0.15, 0.2) is 17.8 Å². The van der Waals surface area contributed by atoms with Crippen molar-refractivity contribution in [1.29, 1.82) is 0 Å². The lowest BCUT2D eigenvalue weighted by Gasteiger charge is -1.94. The van der Waals surface area contributed by atoms with Crippen LogP contribution in [0.25, 0.3) is 0 Å². The molecule has 0 saturated carbocycles. The van der Waals surface area contributed by atoms with E-state index in [1.165, 1.54) is 6.20 Å². The molecule has 0 heterocycles. The average molecular weight is 114 g/mol. The van der Waals surface area contributed by atoms with Gasteiger partial charge in [0.05, 0.1) is 0 Å². The largest absolute Gasteiger partial charge is 0.396 e. The van der Waals surface area contributed by atoms with E-state index in [2.05, 4.69) is 16.4 Å². The van der Waals surface area contributed by atoms with Gasteiger partial charge in [0.2, 0.25) is 5.90 Å². The lowest BCUT2D eigenvalue weighted by molar-refractivity contribution is 0.312. The first-order valence-electron chi connectivity index (χ1n) is 2.39. The SMILES string of the molecule is C=C/N=C(/CC)ON. The minimum Gasteiger partial charge on any atom is -0.396 e. The summed E-state index contributed by atoms with van der Waals surface area (Å²) >= 11 is 0. The van der Waals surface area contributed by atoms with Gasteiger partial charge in [0, 0.05) is 12.6 Å². The molecule has 0 aliphatic rings. The van der Waals surface area contributed by atoms with E-state index in [1.807, 2.05) is 6.92 Å². The molecule has 0 amide bonds. The fraction of sp³-hybridized carbons (Fsp3) is 0.400. The third-order valence-electron chi connectivity index (χ3n) is 0.674. The summed E-state index contributed by atoms with van der Waals surface area (Å²) in [6, 6.07) is 0. The lowest BCUT2D eigenvalue weighted by atomic mass is 10.5. The summed E-state index contributed by atoms with van der Waals surface area (Å²) in [4.78, 5) is 8.01. The van der Waals surface area contributed by atoms with Gasteiger partial charge in [0.15, 0.2) is 0 Å². The molecular formula is C5H10N2O. The standard InChI is InChI=1S/C5H10N2O/c1-3-5(8-6)7-4-2/h4H,2-3,6H2,1H3/b7-5-. The highest BCUT2D eigenvalue weighted by atomic mass is 16.6. The molecular weight excluding hydrogens is 104 g/mol. The Bertz CT molecular complexity index is 92.6. The zero-order valence-electron chi connectivity index (χ0n) is 4.92. The highest BCUT2D eigenvalue weighted by Crippen LogP contribution is 1.83. The van der Waals surface area contributed by atoms with Gasteiger partial charge in [-0.15, -0.1) is 0 Å². The molecule has 0 fully saturated rings. The van der Waals surface area contributed by atoms with Gasteiger partial charge >= 0.3 is 0 Å². The molecule has 0 aliphatic carbocycles. The van der Waals surface area contributed by atoms with E-state index in [9.17, 15) is 0 Å². The van der Waals surface area contributed by atoms with E-state index in [0.29, 0.717) is 12.3 Å². The van der Waals surface area contributed by atoms with Gasteiger partial charge in [-0.2, -0.15) is 5.90 Å². The number of nitrogens with zero attached hydrogens (tertiary/aromatic N) is 1. The topological polar surface area (TPSA) is 47.6 Å². The summed E-state index contributed by atoms with van der Waals surface area (Å²) in [5, 5.41) is 0. The van der Waals surface area contributed by atoms with E-state index in [4.69, 9.17) is 5.90 Å². The first kappa shape index (κ1) is 7.17. The molecule has 0 saturated heterocycles. The predicted octanol–water partition coefficient (Wildman–Crippen LogP) is 0.829. The Morgan fingerprint density at radius 3 is 2.75 bits per heavy atom. The molecule has 0 atom stereocenters. The summed E-state index contributed by atoms with van der Waals surface area (Å²) in [5.74, 6) is 5.29. The van der Waals surface area contributed by atoms with Gasteiger partial charge in [-0.1, -0.05) is 13.5 Å². The van der Waals surface area contributed by atoms with Crippen molar-refractivity contribution < 1.29 is 4.84 Å². The maximum Gasteiger partial charge on any atom is 0.213 e. The fourth-order valence-corrected chi connectivity index (χ4v) is 0.307. The summed E-state index contributed by atoms with van der Waals surface area (Å²) < 4.78 is 0. The van der Waals surface area contributed by atoms with Crippen LogP contribution in [-0.2, 0) is 4.84 Å². The van der Waals surface area contributed by atoms with Crippen molar-refractivity contribution in [3.63, 3.8) is 0 Å². The molecule has 0 aliphatic heterocycles. The van der Waals surface area contributed by atoms with Crippen LogP contribution in [0.1, 0.15) is 13.3 Å². The van der Waals surface area contributed by atoms with Crippen molar-refractivity contribution in [2.75, 3.05) is 0 Å². The lowest BCUT2D eigenvalue weighted by Crippen LogP contribution is -2.07. The van der Waals surface area contributed by atoms with E-state index in [-0.39, 0.29) is 0 Å². The van der Waals surface area contributed by atoms with Crippen molar-refractivity contribution in [1.82, 2.24) is 0 Å². The Kier molecular flexibility index (Phi) is 3.88. The monoisotopic (exact) mass is 114 g/mol. The number of hydrogen-bond acceptors (Lipinski definition) is 3. The van der Waals surface area contributed by atoms with Crippen LogP contribution in [0.2, 0.25) is 0 Å². The molecule has 46 valence electrons. The summed E-state index contributed by atoms with van der Waals surface area (Å²) in [6.45, 7) is 5.27. The van der Waals surface area contributed by atoms with Gasteiger partial charge in [0.25, 0.3) is 0 Å². The molecule has 3 heteroatoms. The first-order chi connectivity index (χ1) is 3.85. The molecule has 8 heavy (non-hydrogen) atoms. The fourth-order valence-electron chi connectivity index (χ4n) is 0.307. The van der Waals surface area contributed by atoms with Crippen molar-refractivity contribution >= 4 is 5.90 Å². The highest BCUT2D eigenvalue weighted by molar-refractivity contribution is 5.75. The normalized spacial score (nSPS) is 11.0. The number of nitrogens with two attached hydrogens (primary N) is 1. The Morgan fingerprint density at radius 2 is 2.62 bits per heavy atom. The maximum absolute atomic E-state index is 4.79. The zero-order chi connectivity index (χ0) is 6.41. The molecule has 0 bridgehead atoms. The second-order valence-electron chi connectivity index (χ2n) is 1.18. The van der Waals surface area contributed by atoms with Gasteiger partial charge in [-0.25, -0.2) is 4.99 Å². The van der Waals surface area contributed by atoms with Gasteiger partial charge < -0.3 is 4.84 Å². The molecule has 0 unspecified atom stereocenters. The maximum atomic E-state index is 4.79. The third-order valence-corrected chi connectivity index (χ3v) is 0.674. The second-order valence-corrected chi connectivity index (χ2v) is 1.18. The third kappa shape index (κ3) is 2.36. The van der Waals surface area contributed by atoms with E-state index >= 15 is 0 Å². The van der Waals surface area contributed by atoms with Crippen LogP contribution in [-0.4, -0.2) is 5.90 Å². The quantitative estimate of drug-likeness (QED) is 0.328. The molecule has 0 radical (unpaired) electrons. The number of rotatable bonds is 2. The highest BCUT2D eigenvalue weighted by Gasteiger charge is 1.87. The minimum atomic E-state index is 0.500. The van der Waals surface area contributed by atoms with Crippen LogP contribution in [0.3, 0.4) is 0 Å². The smallest absolute Gasteiger partial charge is 0.213 e. The molecule has 0 rings (SSSR count). The average Bonchev–Trinajstić information content (AvgIpc) is 1.83. The first-order valence-corrected chi connectivity index (χ1v) is 2.39. The molecule has 0 aromatic carbocycles. The van der Waals surface area contributed by atoms with Crippen molar-refractivity contribution in [3.05, 3.63) is 12.8 Å². The molecule has 0 spiro atoms. The van der Waals surface area contributed by atoms with E-state index in [1.54, 1.807) is 0 Å². The van der Waals surface area contributed by atoms with E-state index < -0.39 is 0 Å². The van der Waals surface area contributed by atoms with Crippen LogP contribution < -0.4 is 5.90 Å². The summed E-state index contributed by atoms with van der Waals surface area (Å²) in [5.41, 5.74) is 0. The molecule has 2 N–H and O–H groups in total. The minimum absolute atomic E-state index is 0.500. The van der Waals surface area contributed by atoms with Crippen LogP contribution in [0, 0.1) is 0 Å². The zero-order valence-corrected chi connectivity index (χ0v) is 4.92. The number of aliphatic imine (C=N–C) groups is 1. The Balaban J connectivity index is 3.66. The Morgan fingerprint density at radius 1 is 2.00 bits per heavy atom. The molecule has 3 nitrogen and oxygen atoms in total. The second kappa shape index (κ2) is 4.33. The van der Waals surface area contributed by atoms with Gasteiger partial charge in [-0.3, -0.25) is 0 Å². The number of hydrogen-bond donors (Lipinski definition) is 1. The van der Waals surface area contributed by atoms with Crippen LogP contribution >= 0.6 is 0 Å². The molecule has 0 aromatic rings. The Labute approximate surface area is 48.8 Å². The van der Waals surface area contributed by atoms with E-state index in [0.717, 1.165) is 0 Å². The summed E-state index contributed by atoms with van der Waals surface area (Å²) in [6.07, 6.45) is 2.09. The molecule has 0 aromatic heterocycles. The van der Waals surface area contributed by atoms with Crippen LogP contribution in [0.5, 0.6) is 0 Å². The van der Waals surface area contributed by atoms with Crippen molar-refractivity contribution in [2.24, 2.45) is 10.9 Å². The summed E-state index contributed by atoms with van der Waals surface area (Å²) in [7, 11) is 0.